The van der Waals surface area contributed by atoms with E-state index in [4.69, 9.17) is 9.05 Å². The van der Waals surface area contributed by atoms with Crippen molar-refractivity contribution in [3.63, 3.8) is 0 Å². The van der Waals surface area contributed by atoms with E-state index in [1.54, 1.807) is 12.1 Å². The Labute approximate surface area is 159 Å². The van der Waals surface area contributed by atoms with Crippen LogP contribution < -0.4 is 4.52 Å². The maximum atomic E-state index is 12.0. The van der Waals surface area contributed by atoms with Gasteiger partial charge in [0.15, 0.2) is 0 Å². The van der Waals surface area contributed by atoms with E-state index in [0.717, 1.165) is 6.42 Å². The minimum atomic E-state index is -4.07. The molecule has 1 N–H and O–H groups in total. The van der Waals surface area contributed by atoms with E-state index in [1.807, 2.05) is 33.3 Å². The molecule has 0 aliphatic rings. The number of unbranched alkanes of at least 4 members (excludes halogenated alkanes) is 6. The fourth-order valence-electron chi connectivity index (χ4n) is 2.59. The van der Waals surface area contributed by atoms with Gasteiger partial charge in [-0.05, 0) is 30.5 Å². The molecule has 1 unspecified atom stereocenters. The second-order valence-corrected chi connectivity index (χ2v) is 9.30. The summed E-state index contributed by atoms with van der Waals surface area (Å²) in [5, 5.41) is 0. The number of benzene rings is 1. The third-order valence-corrected chi connectivity index (χ3v) is 5.18. The summed E-state index contributed by atoms with van der Waals surface area (Å²) in [5.74, 6) is 0.365. The Bertz CT molecular complexity index is 540. The van der Waals surface area contributed by atoms with Crippen LogP contribution in [-0.4, -0.2) is 43.7 Å². The van der Waals surface area contributed by atoms with Gasteiger partial charge in [0.05, 0.1) is 21.1 Å². The smallest absolute Gasteiger partial charge is 0.404 e. The molecule has 26 heavy (non-hydrogen) atoms. The van der Waals surface area contributed by atoms with Crippen LogP contribution in [0.4, 0.5) is 0 Å². The van der Waals surface area contributed by atoms with Crippen LogP contribution in [0.1, 0.15) is 57.4 Å². The largest absolute Gasteiger partial charge is 0.527 e. The highest BCUT2D eigenvalue weighted by Gasteiger charge is 2.24. The van der Waals surface area contributed by atoms with Gasteiger partial charge in [-0.15, -0.1) is 0 Å². The number of phosphoric acid groups is 1. The minimum Gasteiger partial charge on any atom is -0.404 e. The van der Waals surface area contributed by atoms with Crippen molar-refractivity contribution in [1.82, 2.24) is 0 Å². The summed E-state index contributed by atoms with van der Waals surface area (Å²) in [4.78, 5) is 9.80. The number of hydrogen-bond acceptors (Lipinski definition) is 3. The summed E-state index contributed by atoms with van der Waals surface area (Å²) in [5.41, 5.74) is 1.23. The number of quaternary nitrogens is 1. The standard InChI is InChI=1S/C20H36NO4P/c1-5-6-7-8-9-10-11-12-19-13-15-20(16-14-19)25-26(22,23)24-18-17-21(2,3)4/h13-16H,5-12,17-18H2,1-4H3/p+1. The Hall–Kier alpha value is -0.870. The Balaban J connectivity index is 2.29. The molecular weight excluding hydrogens is 349 g/mol. The van der Waals surface area contributed by atoms with Crippen LogP contribution in [0.5, 0.6) is 5.75 Å². The number of phosphoric ester groups is 1. The molecule has 0 saturated carbocycles. The molecule has 1 rings (SSSR count). The van der Waals surface area contributed by atoms with E-state index in [1.165, 1.54) is 50.5 Å². The van der Waals surface area contributed by atoms with E-state index in [-0.39, 0.29) is 6.61 Å². The van der Waals surface area contributed by atoms with Gasteiger partial charge in [0.25, 0.3) is 0 Å². The van der Waals surface area contributed by atoms with Gasteiger partial charge in [-0.2, -0.15) is 0 Å². The zero-order chi connectivity index (χ0) is 19.5. The van der Waals surface area contributed by atoms with Gasteiger partial charge in [-0.3, -0.25) is 9.42 Å². The molecule has 0 heterocycles. The van der Waals surface area contributed by atoms with Gasteiger partial charge in [-0.1, -0.05) is 57.6 Å². The van der Waals surface area contributed by atoms with E-state index >= 15 is 0 Å². The van der Waals surface area contributed by atoms with Crippen LogP contribution in [0.15, 0.2) is 24.3 Å². The van der Waals surface area contributed by atoms with E-state index in [0.29, 0.717) is 16.8 Å². The zero-order valence-electron chi connectivity index (χ0n) is 16.9. The average molecular weight is 386 g/mol. The van der Waals surface area contributed by atoms with Crippen molar-refractivity contribution >= 4 is 7.82 Å². The molecule has 0 amide bonds. The molecule has 0 aliphatic heterocycles. The second kappa shape index (κ2) is 11.8. The molecule has 5 nitrogen and oxygen atoms in total. The van der Waals surface area contributed by atoms with Crippen molar-refractivity contribution in [3.8, 4) is 5.75 Å². The van der Waals surface area contributed by atoms with Crippen molar-refractivity contribution in [2.75, 3.05) is 34.3 Å². The Kier molecular flexibility index (Phi) is 10.5. The topological polar surface area (TPSA) is 55.8 Å². The molecule has 0 bridgehead atoms. The van der Waals surface area contributed by atoms with Gasteiger partial charge in [0.1, 0.15) is 18.9 Å². The van der Waals surface area contributed by atoms with Crippen LogP contribution in [0.25, 0.3) is 0 Å². The number of hydrogen-bond donors (Lipinski definition) is 1. The summed E-state index contributed by atoms with van der Waals surface area (Å²) >= 11 is 0. The molecule has 0 aliphatic carbocycles. The van der Waals surface area contributed by atoms with Crippen molar-refractivity contribution in [2.45, 2.75) is 58.3 Å². The monoisotopic (exact) mass is 386 g/mol. The highest BCUT2D eigenvalue weighted by molar-refractivity contribution is 7.47. The van der Waals surface area contributed by atoms with Crippen molar-refractivity contribution in [2.24, 2.45) is 0 Å². The fraction of sp³-hybridized carbons (Fsp3) is 0.700. The lowest BCUT2D eigenvalue weighted by atomic mass is 10.0. The maximum absolute atomic E-state index is 12.0. The summed E-state index contributed by atoms with van der Waals surface area (Å²) < 4.78 is 22.8. The zero-order valence-corrected chi connectivity index (χ0v) is 17.8. The van der Waals surface area contributed by atoms with Crippen LogP contribution in [0, 0.1) is 0 Å². The number of likely N-dealkylation sites (N-methyl/N-ethyl adjacent to an activating group) is 1. The molecular formula is C20H37NO4P+. The summed E-state index contributed by atoms with van der Waals surface area (Å²) in [7, 11) is 1.92. The normalized spacial score (nSPS) is 14.2. The third-order valence-electron chi connectivity index (χ3n) is 4.23. The fourth-order valence-corrected chi connectivity index (χ4v) is 3.35. The Morgan fingerprint density at radius 3 is 2.12 bits per heavy atom. The van der Waals surface area contributed by atoms with Crippen molar-refractivity contribution in [3.05, 3.63) is 29.8 Å². The molecule has 0 fully saturated rings. The lowest BCUT2D eigenvalue weighted by Gasteiger charge is -2.24. The molecule has 0 saturated heterocycles. The van der Waals surface area contributed by atoms with Gasteiger partial charge >= 0.3 is 7.82 Å². The van der Waals surface area contributed by atoms with Gasteiger partial charge in [0.2, 0.25) is 0 Å². The van der Waals surface area contributed by atoms with Crippen LogP contribution in [-0.2, 0) is 15.5 Å². The first kappa shape index (κ1) is 23.2. The van der Waals surface area contributed by atoms with E-state index in [9.17, 15) is 9.46 Å². The predicted molar refractivity (Wildman–Crippen MR) is 107 cm³/mol. The lowest BCUT2D eigenvalue weighted by molar-refractivity contribution is -0.870. The first-order valence-electron chi connectivity index (χ1n) is 9.78. The lowest BCUT2D eigenvalue weighted by Crippen LogP contribution is -2.37. The van der Waals surface area contributed by atoms with Crippen LogP contribution in [0.2, 0.25) is 0 Å². The Morgan fingerprint density at radius 1 is 0.962 bits per heavy atom. The van der Waals surface area contributed by atoms with Crippen LogP contribution >= 0.6 is 7.82 Å². The SMILES string of the molecule is CCCCCCCCCc1ccc(OP(=O)(O)OCC[N+](C)(C)C)cc1. The number of nitrogens with zero attached hydrogens (tertiary/aromatic N) is 1. The summed E-state index contributed by atoms with van der Waals surface area (Å²) in [6.45, 7) is 3.04. The molecule has 0 radical (unpaired) electrons. The Morgan fingerprint density at radius 2 is 1.54 bits per heavy atom. The summed E-state index contributed by atoms with van der Waals surface area (Å²) in [6, 6.07) is 7.39. The van der Waals surface area contributed by atoms with E-state index in [2.05, 4.69) is 6.92 Å². The average Bonchev–Trinajstić information content (AvgIpc) is 2.54. The molecule has 1 atom stereocenters. The number of rotatable bonds is 14. The first-order chi connectivity index (χ1) is 12.2. The highest BCUT2D eigenvalue weighted by atomic mass is 31.2. The van der Waals surface area contributed by atoms with Crippen molar-refractivity contribution < 1.29 is 23.0 Å². The number of aryl methyl sites for hydroxylation is 1. The first-order valence-corrected chi connectivity index (χ1v) is 11.3. The van der Waals surface area contributed by atoms with Gasteiger partial charge in [0, 0.05) is 0 Å². The third kappa shape index (κ3) is 11.7. The van der Waals surface area contributed by atoms with Gasteiger partial charge in [-0.25, -0.2) is 4.57 Å². The maximum Gasteiger partial charge on any atom is 0.527 e. The van der Waals surface area contributed by atoms with Gasteiger partial charge < -0.3 is 9.01 Å². The van der Waals surface area contributed by atoms with E-state index < -0.39 is 7.82 Å². The molecule has 6 heteroatoms. The minimum absolute atomic E-state index is 0.174. The van der Waals surface area contributed by atoms with Crippen LogP contribution in [0.3, 0.4) is 0 Å². The summed E-state index contributed by atoms with van der Waals surface area (Å²) in [6.07, 6.45) is 10.1. The second-order valence-electron chi connectivity index (χ2n) is 7.92. The molecule has 0 aromatic heterocycles. The molecule has 0 spiro atoms. The quantitative estimate of drug-likeness (QED) is 0.272. The molecule has 150 valence electrons. The van der Waals surface area contributed by atoms with Crippen molar-refractivity contribution in [1.29, 1.82) is 0 Å². The molecule has 1 aromatic carbocycles. The highest BCUT2D eigenvalue weighted by Crippen LogP contribution is 2.43. The molecule has 1 aromatic rings. The predicted octanol–water partition coefficient (Wildman–Crippen LogP) is 5.18.